The van der Waals surface area contributed by atoms with E-state index in [1.54, 1.807) is 25.2 Å². The van der Waals surface area contributed by atoms with Gasteiger partial charge in [-0.15, -0.1) is 0 Å². The first-order chi connectivity index (χ1) is 12.4. The first-order valence-corrected chi connectivity index (χ1v) is 9.27. The number of ether oxygens (including phenoxy) is 2. The highest BCUT2D eigenvalue weighted by atomic mass is 16.5. The summed E-state index contributed by atoms with van der Waals surface area (Å²) in [6.07, 6.45) is 5.57. The van der Waals surface area contributed by atoms with E-state index in [-0.39, 0.29) is 18.5 Å². The first kappa shape index (κ1) is 17.1. The van der Waals surface area contributed by atoms with Gasteiger partial charge in [-0.2, -0.15) is 0 Å². The molecule has 0 radical (unpaired) electrons. The quantitative estimate of drug-likeness (QED) is 0.612. The molecule has 0 aromatic heterocycles. The number of carbonyl (C=O) groups excluding carboxylic acids is 2. The number of rotatable bonds is 4. The maximum Gasteiger partial charge on any atom is 0.338 e. The lowest BCUT2D eigenvalue weighted by Crippen LogP contribution is -2.48. The number of benzene rings is 1. The zero-order valence-electron chi connectivity index (χ0n) is 15.6. The van der Waals surface area contributed by atoms with E-state index in [0.29, 0.717) is 34.9 Å². The minimum Gasteiger partial charge on any atom is -0.482 e. The molecule has 0 unspecified atom stereocenters. The van der Waals surface area contributed by atoms with E-state index < -0.39 is 0 Å². The van der Waals surface area contributed by atoms with Crippen LogP contribution >= 0.6 is 0 Å². The maximum absolute atomic E-state index is 12.4. The minimum atomic E-state index is -0.360. The number of carbonyl (C=O) groups is 2. The molecule has 2 atom stereocenters. The third-order valence-corrected chi connectivity index (χ3v) is 6.49. The van der Waals surface area contributed by atoms with Gasteiger partial charge in [0.15, 0.2) is 6.61 Å². The van der Waals surface area contributed by atoms with Crippen LogP contribution in [-0.2, 0) is 9.53 Å². The van der Waals surface area contributed by atoms with Crippen LogP contribution in [0.4, 0.5) is 5.69 Å². The van der Waals surface area contributed by atoms with E-state index in [1.165, 1.54) is 16.9 Å². The van der Waals surface area contributed by atoms with Gasteiger partial charge in [-0.1, -0.05) is 25.5 Å². The Morgan fingerprint density at radius 2 is 2.19 bits per heavy atom. The van der Waals surface area contributed by atoms with Gasteiger partial charge < -0.3 is 14.4 Å². The number of hydrogen-bond acceptors (Lipinski definition) is 4. The van der Waals surface area contributed by atoms with Crippen molar-refractivity contribution in [2.24, 2.45) is 17.3 Å². The van der Waals surface area contributed by atoms with Gasteiger partial charge in [-0.3, -0.25) is 4.79 Å². The van der Waals surface area contributed by atoms with E-state index in [0.717, 1.165) is 18.8 Å². The van der Waals surface area contributed by atoms with Crippen LogP contribution in [0.3, 0.4) is 0 Å². The van der Waals surface area contributed by atoms with Gasteiger partial charge in [-0.25, -0.2) is 4.79 Å². The van der Waals surface area contributed by atoms with Gasteiger partial charge in [0, 0.05) is 13.5 Å². The van der Waals surface area contributed by atoms with Gasteiger partial charge in [0.25, 0.3) is 5.91 Å². The number of fused-ring (bicyclic) bond motifs is 2. The van der Waals surface area contributed by atoms with Crippen molar-refractivity contribution in [1.82, 2.24) is 0 Å². The Morgan fingerprint density at radius 1 is 1.38 bits per heavy atom. The van der Waals surface area contributed by atoms with Crippen molar-refractivity contribution >= 4 is 17.6 Å². The lowest BCUT2D eigenvalue weighted by molar-refractivity contribution is -0.120. The predicted octanol–water partition coefficient (Wildman–Crippen LogP) is 3.58. The molecule has 1 saturated carbocycles. The van der Waals surface area contributed by atoms with E-state index in [2.05, 4.69) is 19.9 Å². The van der Waals surface area contributed by atoms with Crippen LogP contribution < -0.4 is 9.64 Å². The predicted molar refractivity (Wildman–Crippen MR) is 98.3 cm³/mol. The Morgan fingerprint density at radius 3 is 2.92 bits per heavy atom. The molecular formula is C21H25NO4. The van der Waals surface area contributed by atoms with Crippen molar-refractivity contribution in [3.05, 3.63) is 35.4 Å². The Bertz CT molecular complexity index is 795. The fraction of sp³-hybridized carbons (Fsp3) is 0.524. The molecule has 1 amide bonds. The second kappa shape index (κ2) is 6.15. The Balaban J connectivity index is 1.37. The topological polar surface area (TPSA) is 55.8 Å². The van der Waals surface area contributed by atoms with E-state index in [1.807, 2.05) is 0 Å². The summed E-state index contributed by atoms with van der Waals surface area (Å²) >= 11 is 0. The van der Waals surface area contributed by atoms with E-state index in [9.17, 15) is 9.59 Å². The standard InChI is InChI=1S/C21H25NO4/c1-21(2)15-6-4-13(16(21)11-15)8-9-25-20(24)14-5-7-18-17(10-14)22(3)19(23)12-26-18/h4-5,7,10,15-16H,6,8-9,11-12H2,1-3H3/t15-,16-/m0/s1. The molecule has 3 aliphatic carbocycles. The van der Waals surface area contributed by atoms with Crippen molar-refractivity contribution in [2.45, 2.75) is 33.1 Å². The van der Waals surface area contributed by atoms with E-state index >= 15 is 0 Å². The molecule has 0 N–H and O–H groups in total. The Labute approximate surface area is 154 Å². The highest BCUT2D eigenvalue weighted by molar-refractivity contribution is 5.99. The molecule has 0 saturated heterocycles. The molecule has 4 aliphatic rings. The molecule has 5 heteroatoms. The zero-order chi connectivity index (χ0) is 18.5. The van der Waals surface area contributed by atoms with Crippen molar-refractivity contribution in [3.63, 3.8) is 0 Å². The van der Waals surface area contributed by atoms with Crippen molar-refractivity contribution in [2.75, 3.05) is 25.2 Å². The number of anilines is 1. The average molecular weight is 355 g/mol. The summed E-state index contributed by atoms with van der Waals surface area (Å²) in [5.74, 6) is 1.57. The molecule has 26 heavy (non-hydrogen) atoms. The summed E-state index contributed by atoms with van der Waals surface area (Å²) in [7, 11) is 1.68. The van der Waals surface area contributed by atoms with Gasteiger partial charge in [0.2, 0.25) is 0 Å². The smallest absolute Gasteiger partial charge is 0.338 e. The van der Waals surface area contributed by atoms with Crippen molar-refractivity contribution in [3.8, 4) is 5.75 Å². The second-order valence-electron chi connectivity index (χ2n) is 8.13. The number of nitrogens with zero attached hydrogens (tertiary/aromatic N) is 1. The Hall–Kier alpha value is -2.30. The number of hydrogen-bond donors (Lipinski definition) is 0. The van der Waals surface area contributed by atoms with Crippen LogP contribution in [0.5, 0.6) is 5.75 Å². The van der Waals surface area contributed by atoms with Gasteiger partial charge >= 0.3 is 5.97 Å². The van der Waals surface area contributed by atoms with Gasteiger partial charge in [-0.05, 0) is 48.3 Å². The molecule has 1 fully saturated rings. The zero-order valence-corrected chi connectivity index (χ0v) is 15.6. The summed E-state index contributed by atoms with van der Waals surface area (Å²) in [6, 6.07) is 5.06. The fourth-order valence-electron chi connectivity index (χ4n) is 4.50. The highest BCUT2D eigenvalue weighted by Gasteiger charge is 2.50. The fourth-order valence-corrected chi connectivity index (χ4v) is 4.50. The molecule has 1 aliphatic heterocycles. The number of likely N-dealkylation sites (N-methyl/N-ethyl adjacent to an activating group) is 1. The monoisotopic (exact) mass is 355 g/mol. The van der Waals surface area contributed by atoms with Crippen LogP contribution in [0.25, 0.3) is 0 Å². The van der Waals surface area contributed by atoms with Crippen LogP contribution in [0, 0.1) is 17.3 Å². The summed E-state index contributed by atoms with van der Waals surface area (Å²) in [5.41, 5.74) is 2.88. The largest absolute Gasteiger partial charge is 0.482 e. The summed E-state index contributed by atoms with van der Waals surface area (Å²) in [6.45, 7) is 5.11. The molecule has 5 rings (SSSR count). The lowest BCUT2D eigenvalue weighted by atomic mass is 9.48. The lowest BCUT2D eigenvalue weighted by Gasteiger charge is -2.56. The maximum atomic E-state index is 12.4. The molecular weight excluding hydrogens is 330 g/mol. The second-order valence-corrected chi connectivity index (χ2v) is 8.13. The minimum absolute atomic E-state index is 0.0285. The molecule has 1 heterocycles. The number of esters is 1. The molecule has 0 spiro atoms. The SMILES string of the molecule is CN1C(=O)COc2ccc(C(=O)OCCC3=CC[C@H]4C[C@@H]3C4(C)C)cc21. The summed E-state index contributed by atoms with van der Waals surface area (Å²) in [5, 5.41) is 0. The molecule has 138 valence electrons. The van der Waals surface area contributed by atoms with E-state index in [4.69, 9.17) is 9.47 Å². The Kier molecular flexibility index (Phi) is 4.05. The van der Waals surface area contributed by atoms with Crippen molar-refractivity contribution in [1.29, 1.82) is 0 Å². The van der Waals surface area contributed by atoms with Gasteiger partial charge in [0.1, 0.15) is 5.75 Å². The molecule has 5 nitrogen and oxygen atoms in total. The average Bonchev–Trinajstić information content (AvgIpc) is 2.64. The van der Waals surface area contributed by atoms with Crippen LogP contribution in [-0.4, -0.2) is 32.1 Å². The highest BCUT2D eigenvalue weighted by Crippen LogP contribution is 2.59. The molecule has 2 bridgehead atoms. The van der Waals surface area contributed by atoms with Crippen LogP contribution in [0.15, 0.2) is 29.8 Å². The molecule has 1 aromatic rings. The van der Waals surface area contributed by atoms with Crippen molar-refractivity contribution < 1.29 is 19.1 Å². The van der Waals surface area contributed by atoms with Gasteiger partial charge in [0.05, 0.1) is 17.9 Å². The summed E-state index contributed by atoms with van der Waals surface area (Å²) in [4.78, 5) is 25.7. The summed E-state index contributed by atoms with van der Waals surface area (Å²) < 4.78 is 10.9. The molecule has 1 aromatic carbocycles. The van der Waals surface area contributed by atoms with Crippen LogP contribution in [0.1, 0.15) is 43.5 Å². The normalized spacial score (nSPS) is 25.6. The first-order valence-electron chi connectivity index (χ1n) is 9.27. The number of amides is 1. The third kappa shape index (κ3) is 2.70. The number of allylic oxidation sites excluding steroid dienone is 1. The third-order valence-electron chi connectivity index (χ3n) is 6.49. The van der Waals surface area contributed by atoms with Crippen LogP contribution in [0.2, 0.25) is 0 Å².